The van der Waals surface area contributed by atoms with Crippen LogP contribution in [0.1, 0.15) is 0 Å². The molecule has 0 amide bonds. The fraction of sp³-hybridized carbons (Fsp3) is 0. The lowest BCUT2D eigenvalue weighted by atomic mass is 11.0. The minimum atomic E-state index is -3.37. The zero-order chi connectivity index (χ0) is 10.0. The molecule has 0 saturated carbocycles. The first-order chi connectivity index (χ1) is 6.68. The van der Waals surface area contributed by atoms with E-state index >= 15 is 0 Å². The van der Waals surface area contributed by atoms with Crippen molar-refractivity contribution in [3.63, 3.8) is 0 Å². The van der Waals surface area contributed by atoms with Gasteiger partial charge in [-0.05, 0) is 0 Å². The van der Waals surface area contributed by atoms with Crippen molar-refractivity contribution in [3.05, 3.63) is 23.2 Å². The molecule has 0 saturated heterocycles. The van der Waals surface area contributed by atoms with E-state index in [-0.39, 0.29) is 4.34 Å². The second kappa shape index (κ2) is 3.97. The molecule has 2 rings (SSSR count). The fourth-order valence-electron chi connectivity index (χ4n) is 0.715. The number of thiazole rings is 2. The van der Waals surface area contributed by atoms with Crippen molar-refractivity contribution in [1.29, 1.82) is 0 Å². The van der Waals surface area contributed by atoms with E-state index in [9.17, 15) is 8.42 Å². The fourth-order valence-corrected chi connectivity index (χ4v) is 5.80. The van der Waals surface area contributed by atoms with E-state index in [0.717, 1.165) is 22.1 Å². The summed E-state index contributed by atoms with van der Waals surface area (Å²) in [5.41, 5.74) is 0. The highest BCUT2D eigenvalue weighted by Gasteiger charge is 2.20. The summed E-state index contributed by atoms with van der Waals surface area (Å²) in [5.74, 6) is 0. The zero-order valence-electron chi connectivity index (χ0n) is 6.65. The summed E-state index contributed by atoms with van der Waals surface area (Å²) in [5, 5.41) is 3.37. The largest absolute Gasteiger partial charge is 0.263 e. The lowest BCUT2D eigenvalue weighted by molar-refractivity contribution is 0.609. The van der Waals surface area contributed by atoms with Crippen molar-refractivity contribution in [3.8, 4) is 0 Å². The molecule has 0 N–H and O–H groups in total. The van der Waals surface area contributed by atoms with Gasteiger partial charge in [-0.15, -0.1) is 22.7 Å². The molecule has 0 fully saturated rings. The summed E-state index contributed by atoms with van der Waals surface area (Å²) in [7, 11) is -2.63. The normalized spacial score (nSPS) is 11.7. The predicted molar refractivity (Wildman–Crippen MR) is 57.3 cm³/mol. The van der Waals surface area contributed by atoms with E-state index in [1.807, 2.05) is 0 Å². The van der Waals surface area contributed by atoms with Gasteiger partial charge in [0, 0.05) is 33.9 Å². The average molecular weight is 264 g/mol. The van der Waals surface area contributed by atoms with Gasteiger partial charge in [0.15, 0.2) is 4.34 Å². The number of nitrogens with zero attached hydrogens (tertiary/aromatic N) is 2. The van der Waals surface area contributed by atoms with Crippen molar-refractivity contribution in [2.24, 2.45) is 0 Å². The first-order valence-electron chi connectivity index (χ1n) is 3.42. The Morgan fingerprint density at radius 2 is 1.86 bits per heavy atom. The van der Waals surface area contributed by atoms with Crippen LogP contribution in [0.2, 0.25) is 0 Å². The highest BCUT2D eigenvalue weighted by molar-refractivity contribution is 8.72. The molecule has 4 nitrogen and oxygen atoms in total. The molecular formula is C6H4N2O2S4. The third-order valence-corrected chi connectivity index (χ3v) is 7.07. The second-order valence-corrected chi connectivity index (χ2v) is 8.10. The molecule has 0 aromatic carbocycles. The predicted octanol–water partition coefficient (Wildman–Crippen LogP) is 2.08. The molecule has 14 heavy (non-hydrogen) atoms. The molecule has 2 aromatic rings. The molecule has 2 heterocycles. The van der Waals surface area contributed by atoms with Crippen LogP contribution in [-0.2, 0) is 8.87 Å². The summed E-state index contributed by atoms with van der Waals surface area (Å²) in [6.07, 6.45) is 3.05. The van der Waals surface area contributed by atoms with Gasteiger partial charge in [0.25, 0.3) is 8.87 Å². The van der Waals surface area contributed by atoms with Crippen LogP contribution in [0.3, 0.4) is 0 Å². The van der Waals surface area contributed by atoms with Crippen LogP contribution >= 0.6 is 33.5 Å². The first-order valence-corrected chi connectivity index (χ1v) is 7.99. The molecule has 0 atom stereocenters. The number of hydrogen-bond donors (Lipinski definition) is 0. The number of rotatable bonds is 3. The molecule has 0 aliphatic heterocycles. The van der Waals surface area contributed by atoms with Crippen LogP contribution in [0.15, 0.2) is 31.8 Å². The van der Waals surface area contributed by atoms with Crippen molar-refractivity contribution in [2.75, 3.05) is 0 Å². The van der Waals surface area contributed by atoms with Crippen molar-refractivity contribution in [2.45, 2.75) is 8.68 Å². The monoisotopic (exact) mass is 264 g/mol. The molecule has 8 heteroatoms. The smallest absolute Gasteiger partial charge is 0.237 e. The van der Waals surface area contributed by atoms with Crippen LogP contribution in [0, 0.1) is 0 Å². The molecule has 0 unspecified atom stereocenters. The lowest BCUT2D eigenvalue weighted by Gasteiger charge is -1.94. The van der Waals surface area contributed by atoms with Gasteiger partial charge < -0.3 is 0 Å². The Morgan fingerprint density at radius 3 is 2.43 bits per heavy atom. The third kappa shape index (κ3) is 2.14. The van der Waals surface area contributed by atoms with Crippen molar-refractivity contribution < 1.29 is 8.42 Å². The quantitative estimate of drug-likeness (QED) is 0.794. The van der Waals surface area contributed by atoms with Gasteiger partial charge >= 0.3 is 0 Å². The van der Waals surface area contributed by atoms with Crippen LogP contribution < -0.4 is 0 Å². The van der Waals surface area contributed by atoms with Gasteiger partial charge in [0.2, 0.25) is 4.34 Å². The van der Waals surface area contributed by atoms with E-state index in [4.69, 9.17) is 0 Å². The molecule has 0 radical (unpaired) electrons. The van der Waals surface area contributed by atoms with Crippen molar-refractivity contribution in [1.82, 2.24) is 9.97 Å². The molecule has 0 spiro atoms. The van der Waals surface area contributed by atoms with Crippen LogP contribution in [0.4, 0.5) is 0 Å². The summed E-state index contributed by atoms with van der Waals surface area (Å²) >= 11 is 2.41. The summed E-state index contributed by atoms with van der Waals surface area (Å²) in [4.78, 5) is 7.65. The maximum Gasteiger partial charge on any atom is 0.263 e. The molecule has 0 aliphatic rings. The van der Waals surface area contributed by atoms with Gasteiger partial charge in [-0.25, -0.2) is 18.4 Å². The Labute approximate surface area is 92.4 Å². The number of hydrogen-bond acceptors (Lipinski definition) is 7. The zero-order valence-corrected chi connectivity index (χ0v) is 9.92. The van der Waals surface area contributed by atoms with Crippen LogP contribution in [0.25, 0.3) is 0 Å². The molecule has 74 valence electrons. The van der Waals surface area contributed by atoms with Gasteiger partial charge in [0.05, 0.1) is 0 Å². The van der Waals surface area contributed by atoms with E-state index in [2.05, 4.69) is 9.97 Å². The van der Waals surface area contributed by atoms with E-state index in [0.29, 0.717) is 4.34 Å². The summed E-state index contributed by atoms with van der Waals surface area (Å²) in [6.45, 7) is 0. The minimum absolute atomic E-state index is 0.123. The Balaban J connectivity index is 2.27. The first kappa shape index (κ1) is 10.1. The molecule has 0 bridgehead atoms. The van der Waals surface area contributed by atoms with Gasteiger partial charge in [-0.3, -0.25) is 0 Å². The Bertz CT molecular complexity index is 488. The topological polar surface area (TPSA) is 59.9 Å². The van der Waals surface area contributed by atoms with E-state index < -0.39 is 8.87 Å². The highest BCUT2D eigenvalue weighted by atomic mass is 33.1. The van der Waals surface area contributed by atoms with E-state index in [1.54, 1.807) is 17.0 Å². The highest BCUT2D eigenvalue weighted by Crippen LogP contribution is 2.32. The summed E-state index contributed by atoms with van der Waals surface area (Å²) < 4.78 is 23.9. The standard InChI is InChI=1S/C6H4N2O2S4/c9-14(10,6-8-2-4-12-6)13-5-7-1-3-11-5/h1-4H. The van der Waals surface area contributed by atoms with Crippen LogP contribution in [0.5, 0.6) is 0 Å². The van der Waals surface area contributed by atoms with Crippen molar-refractivity contribution >= 4 is 42.3 Å². The molecular weight excluding hydrogens is 260 g/mol. The van der Waals surface area contributed by atoms with E-state index in [1.165, 1.54) is 17.5 Å². The molecule has 0 aliphatic carbocycles. The molecule has 2 aromatic heterocycles. The SMILES string of the molecule is O=S(=O)(Sc1nccs1)c1nccs1. The van der Waals surface area contributed by atoms with Crippen LogP contribution in [-0.4, -0.2) is 18.4 Å². The van der Waals surface area contributed by atoms with Gasteiger partial charge in [0.1, 0.15) is 0 Å². The van der Waals surface area contributed by atoms with Gasteiger partial charge in [-0.2, -0.15) is 0 Å². The number of aromatic nitrogens is 2. The second-order valence-electron chi connectivity index (χ2n) is 2.13. The Kier molecular flexibility index (Phi) is 2.86. The maximum atomic E-state index is 11.6. The lowest BCUT2D eigenvalue weighted by Crippen LogP contribution is -1.93. The summed E-state index contributed by atoms with van der Waals surface area (Å²) in [6, 6.07) is 0. The Hall–Kier alpha value is -0.440. The van der Waals surface area contributed by atoms with Gasteiger partial charge in [-0.1, -0.05) is 0 Å². The maximum absolute atomic E-state index is 11.6. The average Bonchev–Trinajstić information content (AvgIpc) is 2.71. The Morgan fingerprint density at radius 1 is 1.14 bits per heavy atom. The third-order valence-electron chi connectivity index (χ3n) is 1.21. The minimum Gasteiger partial charge on any atom is -0.237 e.